The van der Waals surface area contributed by atoms with Gasteiger partial charge >= 0.3 is 0 Å². The van der Waals surface area contributed by atoms with Gasteiger partial charge in [-0.15, -0.1) is 12.6 Å². The van der Waals surface area contributed by atoms with Gasteiger partial charge in [-0.25, -0.2) is 4.99 Å². The molecule has 1 aliphatic rings. The number of thiol groups is 1. The van der Waals surface area contributed by atoms with E-state index in [1.54, 1.807) is 0 Å². The number of aromatic nitrogens is 1. The van der Waals surface area contributed by atoms with Crippen molar-refractivity contribution in [2.24, 2.45) is 4.99 Å². The Morgan fingerprint density at radius 1 is 0.917 bits per heavy atom. The molecule has 2 aromatic carbocycles. The molecule has 1 aliphatic heterocycles. The third-order valence-corrected chi connectivity index (χ3v) is 5.17. The standard InChI is InChI=1S/C19H14N2OS2/c22-14-11-24-19(20-14)16-15(12-7-3-1-4-8-12)17(21-18(16)23)13-9-5-2-6-10-13/h1-10,21,23H,11H2. The first kappa shape index (κ1) is 15.3. The van der Waals surface area contributed by atoms with Gasteiger partial charge in [0.2, 0.25) is 0 Å². The average Bonchev–Trinajstić information content (AvgIpc) is 3.19. The summed E-state index contributed by atoms with van der Waals surface area (Å²) in [6.07, 6.45) is 0. The third kappa shape index (κ3) is 2.70. The zero-order valence-electron chi connectivity index (χ0n) is 12.7. The monoisotopic (exact) mass is 350 g/mol. The van der Waals surface area contributed by atoms with Gasteiger partial charge in [-0.2, -0.15) is 0 Å². The molecule has 2 heterocycles. The van der Waals surface area contributed by atoms with Crippen molar-refractivity contribution in [3.05, 3.63) is 66.2 Å². The second kappa shape index (κ2) is 6.34. The molecule has 1 aromatic heterocycles. The van der Waals surface area contributed by atoms with Crippen LogP contribution in [0.3, 0.4) is 0 Å². The number of thioether (sulfide) groups is 1. The molecule has 0 radical (unpaired) electrons. The molecule has 5 heteroatoms. The molecule has 0 spiro atoms. The maximum absolute atomic E-state index is 11.6. The Labute approximate surface area is 149 Å². The molecule has 24 heavy (non-hydrogen) atoms. The lowest BCUT2D eigenvalue weighted by Crippen LogP contribution is -1.95. The molecular weight excluding hydrogens is 336 g/mol. The summed E-state index contributed by atoms with van der Waals surface area (Å²) in [5, 5.41) is 1.47. The second-order valence-corrected chi connectivity index (χ2v) is 6.84. The van der Waals surface area contributed by atoms with Crippen LogP contribution in [-0.4, -0.2) is 21.7 Å². The van der Waals surface area contributed by atoms with Crippen molar-refractivity contribution in [3.63, 3.8) is 0 Å². The van der Waals surface area contributed by atoms with Crippen LogP contribution in [0.2, 0.25) is 0 Å². The molecule has 1 amide bonds. The van der Waals surface area contributed by atoms with Crippen LogP contribution in [-0.2, 0) is 4.79 Å². The van der Waals surface area contributed by atoms with Crippen LogP contribution in [0.4, 0.5) is 0 Å². The largest absolute Gasteiger partial charge is 0.349 e. The summed E-state index contributed by atoms with van der Waals surface area (Å²) < 4.78 is 0. The van der Waals surface area contributed by atoms with Crippen LogP contribution in [0.15, 0.2) is 70.7 Å². The lowest BCUT2D eigenvalue weighted by atomic mass is 9.98. The van der Waals surface area contributed by atoms with E-state index < -0.39 is 0 Å². The zero-order valence-corrected chi connectivity index (χ0v) is 14.4. The summed E-state index contributed by atoms with van der Waals surface area (Å²) in [6, 6.07) is 20.3. The molecule has 4 rings (SSSR count). The van der Waals surface area contributed by atoms with E-state index in [0.29, 0.717) is 5.75 Å². The zero-order chi connectivity index (χ0) is 16.5. The highest BCUT2D eigenvalue weighted by atomic mass is 32.2. The number of carbonyl (C=O) groups is 1. The Kier molecular flexibility index (Phi) is 4.04. The maximum Gasteiger partial charge on any atom is 0.257 e. The Morgan fingerprint density at radius 3 is 2.12 bits per heavy atom. The summed E-state index contributed by atoms with van der Waals surface area (Å²) in [6.45, 7) is 0. The van der Waals surface area contributed by atoms with Crippen molar-refractivity contribution in [3.8, 4) is 22.4 Å². The molecule has 3 aromatic rings. The molecule has 0 unspecified atom stereocenters. The highest BCUT2D eigenvalue weighted by Gasteiger charge is 2.26. The predicted molar refractivity (Wildman–Crippen MR) is 103 cm³/mol. The Morgan fingerprint density at radius 2 is 1.54 bits per heavy atom. The number of hydrogen-bond donors (Lipinski definition) is 2. The van der Waals surface area contributed by atoms with Crippen molar-refractivity contribution in [2.75, 3.05) is 5.75 Å². The van der Waals surface area contributed by atoms with Crippen molar-refractivity contribution in [1.29, 1.82) is 0 Å². The molecule has 0 saturated heterocycles. The minimum Gasteiger partial charge on any atom is -0.349 e. The molecule has 0 bridgehead atoms. The van der Waals surface area contributed by atoms with Crippen LogP contribution in [0, 0.1) is 0 Å². The van der Waals surface area contributed by atoms with Gasteiger partial charge in [-0.1, -0.05) is 72.4 Å². The number of nitrogens with zero attached hydrogens (tertiary/aromatic N) is 1. The molecule has 0 atom stereocenters. The van der Waals surface area contributed by atoms with Crippen LogP contribution in [0.1, 0.15) is 5.56 Å². The van der Waals surface area contributed by atoms with Crippen molar-refractivity contribution in [1.82, 2.24) is 4.98 Å². The van der Waals surface area contributed by atoms with Gasteiger partial charge in [0, 0.05) is 11.1 Å². The highest BCUT2D eigenvalue weighted by Crippen LogP contribution is 2.40. The van der Waals surface area contributed by atoms with Gasteiger partial charge < -0.3 is 4.98 Å². The quantitative estimate of drug-likeness (QED) is 0.675. The Bertz CT molecular complexity index is 931. The summed E-state index contributed by atoms with van der Waals surface area (Å²) in [7, 11) is 0. The van der Waals surface area contributed by atoms with Crippen LogP contribution in [0.5, 0.6) is 0 Å². The lowest BCUT2D eigenvalue weighted by molar-refractivity contribution is -0.115. The first-order valence-corrected chi connectivity index (χ1v) is 8.98. The summed E-state index contributed by atoms with van der Waals surface area (Å²) in [4.78, 5) is 19.2. The van der Waals surface area contributed by atoms with E-state index in [1.165, 1.54) is 11.8 Å². The topological polar surface area (TPSA) is 45.2 Å². The number of carbonyl (C=O) groups excluding carboxylic acids is 1. The third-order valence-electron chi connectivity index (χ3n) is 3.88. The SMILES string of the molecule is O=C1CSC(c2c(S)[nH]c(-c3ccccc3)c2-c2ccccc2)=N1. The molecular formula is C19H14N2OS2. The summed E-state index contributed by atoms with van der Waals surface area (Å²) in [5.41, 5.74) is 5.08. The minimum atomic E-state index is -0.0933. The molecule has 118 valence electrons. The Balaban J connectivity index is 1.99. The number of benzene rings is 2. The number of rotatable bonds is 3. The molecule has 0 saturated carbocycles. The fourth-order valence-corrected chi connectivity index (χ4v) is 4.09. The van der Waals surface area contributed by atoms with E-state index in [1.807, 2.05) is 36.4 Å². The van der Waals surface area contributed by atoms with Gasteiger partial charge in [0.05, 0.1) is 16.5 Å². The average molecular weight is 350 g/mol. The van der Waals surface area contributed by atoms with Crippen molar-refractivity contribution < 1.29 is 4.79 Å². The van der Waals surface area contributed by atoms with E-state index in [4.69, 9.17) is 0 Å². The van der Waals surface area contributed by atoms with Crippen molar-refractivity contribution in [2.45, 2.75) is 5.03 Å². The fraction of sp³-hybridized carbons (Fsp3) is 0.0526. The maximum atomic E-state index is 11.6. The number of hydrogen-bond acceptors (Lipinski definition) is 3. The molecule has 0 aliphatic carbocycles. The van der Waals surface area contributed by atoms with Gasteiger partial charge in [-0.3, -0.25) is 4.79 Å². The summed E-state index contributed by atoms with van der Waals surface area (Å²) in [5.74, 6) is 0.298. The Hall–Kier alpha value is -2.24. The first-order valence-electron chi connectivity index (χ1n) is 7.54. The number of nitrogens with one attached hydrogen (secondary N) is 1. The van der Waals surface area contributed by atoms with E-state index in [2.05, 4.69) is 46.9 Å². The fourth-order valence-electron chi connectivity index (χ4n) is 2.85. The van der Waals surface area contributed by atoms with Crippen LogP contribution in [0.25, 0.3) is 22.4 Å². The smallest absolute Gasteiger partial charge is 0.257 e. The number of aliphatic imine (C=N–C) groups is 1. The van der Waals surface area contributed by atoms with Crippen molar-refractivity contribution >= 4 is 35.3 Å². The van der Waals surface area contributed by atoms with Gasteiger partial charge in [0.1, 0.15) is 5.04 Å². The van der Waals surface area contributed by atoms with Crippen LogP contribution < -0.4 is 0 Å². The number of aromatic amines is 1. The molecule has 0 fully saturated rings. The number of H-pyrrole nitrogens is 1. The van der Waals surface area contributed by atoms with Gasteiger partial charge in [0.25, 0.3) is 5.91 Å². The molecule has 3 nitrogen and oxygen atoms in total. The number of amides is 1. The van der Waals surface area contributed by atoms with E-state index in [9.17, 15) is 4.79 Å². The summed E-state index contributed by atoms with van der Waals surface area (Å²) >= 11 is 6.10. The first-order chi connectivity index (χ1) is 11.7. The minimum absolute atomic E-state index is 0.0933. The second-order valence-electron chi connectivity index (χ2n) is 5.43. The van der Waals surface area contributed by atoms with Gasteiger partial charge in [0.15, 0.2) is 0 Å². The van der Waals surface area contributed by atoms with Crippen LogP contribution >= 0.6 is 24.4 Å². The van der Waals surface area contributed by atoms with E-state index >= 15 is 0 Å². The predicted octanol–water partition coefficient (Wildman–Crippen LogP) is 4.66. The lowest BCUT2D eigenvalue weighted by Gasteiger charge is -2.08. The van der Waals surface area contributed by atoms with E-state index in [0.717, 1.165) is 38.0 Å². The highest BCUT2D eigenvalue weighted by molar-refractivity contribution is 8.15. The normalized spacial score (nSPS) is 14.0. The van der Waals surface area contributed by atoms with Gasteiger partial charge in [-0.05, 0) is 11.1 Å². The molecule has 1 N–H and O–H groups in total. The van der Waals surface area contributed by atoms with E-state index in [-0.39, 0.29) is 5.91 Å².